The van der Waals surface area contributed by atoms with Gasteiger partial charge in [0.15, 0.2) is 5.78 Å². The fraction of sp³-hybridized carbons (Fsp3) is 0.500. The molecule has 0 fully saturated rings. The Bertz CT molecular complexity index is 381. The first kappa shape index (κ1) is 12.8. The molecule has 0 aromatic heterocycles. The van der Waals surface area contributed by atoms with E-state index in [1.165, 1.54) is 0 Å². The van der Waals surface area contributed by atoms with Crippen molar-refractivity contribution >= 4 is 5.78 Å². The maximum Gasteiger partial charge on any atom is 0.166 e. The van der Waals surface area contributed by atoms with Gasteiger partial charge in [-0.2, -0.15) is 0 Å². The second-order valence-corrected chi connectivity index (χ2v) is 4.36. The highest BCUT2D eigenvalue weighted by atomic mass is 16.3. The molecule has 1 aromatic carbocycles. The van der Waals surface area contributed by atoms with Crippen molar-refractivity contribution in [1.82, 2.24) is 0 Å². The molecule has 0 unspecified atom stereocenters. The van der Waals surface area contributed by atoms with E-state index in [0.717, 1.165) is 30.4 Å². The van der Waals surface area contributed by atoms with E-state index in [2.05, 4.69) is 6.92 Å². The number of carbonyl (C=O) groups is 1. The van der Waals surface area contributed by atoms with Crippen molar-refractivity contribution in [3.8, 4) is 5.75 Å². The molecule has 16 heavy (non-hydrogen) atoms. The lowest BCUT2D eigenvalue weighted by molar-refractivity contribution is 0.0976. The first-order valence-corrected chi connectivity index (χ1v) is 5.89. The summed E-state index contributed by atoms with van der Waals surface area (Å²) in [5, 5.41) is 9.83. The van der Waals surface area contributed by atoms with Crippen molar-refractivity contribution in [2.24, 2.45) is 0 Å². The fourth-order valence-electron chi connectivity index (χ4n) is 1.84. The second-order valence-electron chi connectivity index (χ2n) is 4.36. The summed E-state index contributed by atoms with van der Waals surface area (Å²) in [4.78, 5) is 11.9. The second kappa shape index (κ2) is 5.69. The summed E-state index contributed by atoms with van der Waals surface area (Å²) in [5.74, 6) is 0.199. The molecule has 1 aromatic rings. The van der Waals surface area contributed by atoms with E-state index in [1.807, 2.05) is 19.9 Å². The van der Waals surface area contributed by atoms with Crippen LogP contribution >= 0.6 is 0 Å². The van der Waals surface area contributed by atoms with Crippen molar-refractivity contribution in [2.75, 3.05) is 0 Å². The summed E-state index contributed by atoms with van der Waals surface area (Å²) in [6.07, 6.45) is 3.61. The fourth-order valence-corrected chi connectivity index (χ4v) is 1.84. The molecule has 2 nitrogen and oxygen atoms in total. The minimum absolute atomic E-state index is 0.0535. The average Bonchev–Trinajstić information content (AvgIpc) is 2.23. The molecule has 1 rings (SSSR count). The lowest BCUT2D eigenvalue weighted by atomic mass is 9.99. The van der Waals surface area contributed by atoms with Crippen LogP contribution in [0.5, 0.6) is 5.75 Å². The summed E-state index contributed by atoms with van der Waals surface area (Å²) >= 11 is 0. The molecule has 0 heterocycles. The molecule has 0 saturated carbocycles. The maximum atomic E-state index is 11.9. The lowest BCUT2D eigenvalue weighted by Gasteiger charge is -2.08. The highest BCUT2D eigenvalue weighted by Crippen LogP contribution is 2.25. The third kappa shape index (κ3) is 3.09. The zero-order valence-corrected chi connectivity index (χ0v) is 10.3. The largest absolute Gasteiger partial charge is 0.507 e. The van der Waals surface area contributed by atoms with Gasteiger partial charge in [-0.05, 0) is 37.5 Å². The van der Waals surface area contributed by atoms with Crippen LogP contribution in [-0.4, -0.2) is 10.9 Å². The third-order valence-corrected chi connectivity index (χ3v) is 2.75. The zero-order chi connectivity index (χ0) is 12.1. The summed E-state index contributed by atoms with van der Waals surface area (Å²) in [6, 6.07) is 3.66. The van der Waals surface area contributed by atoms with E-state index in [4.69, 9.17) is 0 Å². The van der Waals surface area contributed by atoms with Crippen LogP contribution < -0.4 is 0 Å². The van der Waals surface area contributed by atoms with Crippen molar-refractivity contribution in [2.45, 2.75) is 46.5 Å². The first-order valence-electron chi connectivity index (χ1n) is 5.89. The highest BCUT2D eigenvalue weighted by molar-refractivity contribution is 5.99. The van der Waals surface area contributed by atoms with Gasteiger partial charge < -0.3 is 5.11 Å². The molecule has 0 atom stereocenters. The topological polar surface area (TPSA) is 37.3 Å². The number of carbonyl (C=O) groups excluding carboxylic acids is 1. The van der Waals surface area contributed by atoms with Gasteiger partial charge in [0, 0.05) is 6.42 Å². The number of Topliss-reactive ketones (excluding diaryl/α,β-unsaturated/α-hetero) is 1. The number of unbranched alkanes of at least 4 members (excludes halogenated alkanes) is 2. The molecular formula is C14H20O2. The predicted molar refractivity (Wildman–Crippen MR) is 66.1 cm³/mol. The van der Waals surface area contributed by atoms with Gasteiger partial charge in [0.1, 0.15) is 5.75 Å². The number of rotatable bonds is 5. The van der Waals surface area contributed by atoms with E-state index < -0.39 is 0 Å². The Morgan fingerprint density at radius 3 is 2.56 bits per heavy atom. The maximum absolute atomic E-state index is 11.9. The third-order valence-electron chi connectivity index (χ3n) is 2.75. The van der Waals surface area contributed by atoms with Gasteiger partial charge in [0.2, 0.25) is 0 Å². The van der Waals surface area contributed by atoms with Crippen LogP contribution in [0.1, 0.15) is 54.1 Å². The van der Waals surface area contributed by atoms with Crippen molar-refractivity contribution < 1.29 is 9.90 Å². The summed E-state index contributed by atoms with van der Waals surface area (Å²) < 4.78 is 0. The number of hydrogen-bond acceptors (Lipinski definition) is 2. The van der Waals surface area contributed by atoms with Gasteiger partial charge in [-0.1, -0.05) is 25.8 Å². The van der Waals surface area contributed by atoms with Crippen LogP contribution in [-0.2, 0) is 0 Å². The van der Waals surface area contributed by atoms with Crippen molar-refractivity contribution in [3.05, 3.63) is 28.8 Å². The molecule has 0 bridgehead atoms. The predicted octanol–water partition coefficient (Wildman–Crippen LogP) is 3.77. The summed E-state index contributed by atoms with van der Waals surface area (Å²) in [6.45, 7) is 5.87. The quantitative estimate of drug-likeness (QED) is 0.605. The molecule has 1 N–H and O–H groups in total. The number of phenols is 1. The molecule has 0 aliphatic rings. The Balaban J connectivity index is 2.82. The zero-order valence-electron chi connectivity index (χ0n) is 10.3. The van der Waals surface area contributed by atoms with Crippen molar-refractivity contribution in [3.63, 3.8) is 0 Å². The summed E-state index contributed by atoms with van der Waals surface area (Å²) in [5.41, 5.74) is 2.28. The smallest absolute Gasteiger partial charge is 0.166 e. The lowest BCUT2D eigenvalue weighted by Crippen LogP contribution is -2.01. The molecule has 0 radical (unpaired) electrons. The van der Waals surface area contributed by atoms with Crippen LogP contribution in [0.15, 0.2) is 12.1 Å². The van der Waals surface area contributed by atoms with Crippen LogP contribution in [0.25, 0.3) is 0 Å². The summed E-state index contributed by atoms with van der Waals surface area (Å²) in [7, 11) is 0. The van der Waals surface area contributed by atoms with Gasteiger partial charge >= 0.3 is 0 Å². The Hall–Kier alpha value is -1.31. The van der Waals surface area contributed by atoms with E-state index in [1.54, 1.807) is 6.07 Å². The van der Waals surface area contributed by atoms with E-state index >= 15 is 0 Å². The number of aromatic hydroxyl groups is 1. The average molecular weight is 220 g/mol. The normalized spacial score (nSPS) is 10.4. The number of ketones is 1. The molecule has 88 valence electrons. The number of hydrogen-bond donors (Lipinski definition) is 1. The van der Waals surface area contributed by atoms with E-state index in [0.29, 0.717) is 12.0 Å². The van der Waals surface area contributed by atoms with Gasteiger partial charge in [0.05, 0.1) is 5.56 Å². The van der Waals surface area contributed by atoms with E-state index in [9.17, 15) is 9.90 Å². The van der Waals surface area contributed by atoms with E-state index in [-0.39, 0.29) is 11.5 Å². The number of aryl methyl sites for hydroxylation is 2. The standard InChI is InChI=1S/C14H20O2/c1-4-5-6-7-13(15)12-9-10(2)8-11(3)14(12)16/h8-9,16H,4-7H2,1-3H3. The van der Waals surface area contributed by atoms with Crippen LogP contribution in [0.2, 0.25) is 0 Å². The monoisotopic (exact) mass is 220 g/mol. The molecule has 0 spiro atoms. The minimum atomic E-state index is 0.0535. The first-order chi connectivity index (χ1) is 7.56. The number of benzene rings is 1. The molecule has 0 saturated heterocycles. The molecule has 0 amide bonds. The molecule has 2 heteroatoms. The van der Waals surface area contributed by atoms with Crippen LogP contribution in [0.3, 0.4) is 0 Å². The Kier molecular flexibility index (Phi) is 4.53. The Morgan fingerprint density at radius 1 is 1.25 bits per heavy atom. The van der Waals surface area contributed by atoms with Gasteiger partial charge in [-0.25, -0.2) is 0 Å². The van der Waals surface area contributed by atoms with Gasteiger partial charge in [-0.15, -0.1) is 0 Å². The minimum Gasteiger partial charge on any atom is -0.507 e. The molecular weight excluding hydrogens is 200 g/mol. The van der Waals surface area contributed by atoms with Crippen LogP contribution in [0.4, 0.5) is 0 Å². The van der Waals surface area contributed by atoms with Crippen LogP contribution in [0, 0.1) is 13.8 Å². The molecule has 0 aliphatic heterocycles. The van der Waals surface area contributed by atoms with Gasteiger partial charge in [0.25, 0.3) is 0 Å². The SMILES string of the molecule is CCCCCC(=O)c1cc(C)cc(C)c1O. The Morgan fingerprint density at radius 2 is 1.94 bits per heavy atom. The van der Waals surface area contributed by atoms with Gasteiger partial charge in [-0.3, -0.25) is 4.79 Å². The molecule has 0 aliphatic carbocycles. The number of phenolic OH excluding ortho intramolecular Hbond substituents is 1. The Labute approximate surface area is 97.3 Å². The van der Waals surface area contributed by atoms with Crippen molar-refractivity contribution in [1.29, 1.82) is 0 Å². The highest BCUT2D eigenvalue weighted by Gasteiger charge is 2.12.